The first kappa shape index (κ1) is 13.7. The van der Waals surface area contributed by atoms with Crippen molar-refractivity contribution in [1.82, 2.24) is 4.90 Å². The Kier molecular flexibility index (Phi) is 4.27. The molecule has 0 unspecified atom stereocenters. The third-order valence-corrected chi connectivity index (χ3v) is 3.51. The van der Waals surface area contributed by atoms with Crippen molar-refractivity contribution in [1.29, 1.82) is 0 Å². The van der Waals surface area contributed by atoms with Gasteiger partial charge in [-0.05, 0) is 38.2 Å². The molecular weight excluding hydrogens is 242 g/mol. The lowest BCUT2D eigenvalue weighted by atomic mass is 10.1. The van der Waals surface area contributed by atoms with E-state index in [4.69, 9.17) is 10.5 Å². The Labute approximate surface area is 113 Å². The summed E-state index contributed by atoms with van der Waals surface area (Å²) in [4.78, 5) is 16.0. The molecule has 1 heterocycles. The first-order chi connectivity index (χ1) is 9.11. The first-order valence-corrected chi connectivity index (χ1v) is 6.53. The Bertz CT molecular complexity index is 462. The fraction of sp³-hybridized carbons (Fsp3) is 0.500. The number of likely N-dealkylation sites (N-methyl/N-ethyl adjacent to an activating group) is 1. The molecule has 2 N–H and O–H groups in total. The van der Waals surface area contributed by atoms with Crippen LogP contribution in [0.15, 0.2) is 18.2 Å². The summed E-state index contributed by atoms with van der Waals surface area (Å²) in [6, 6.07) is 5.37. The van der Waals surface area contributed by atoms with E-state index in [0.29, 0.717) is 11.3 Å². The summed E-state index contributed by atoms with van der Waals surface area (Å²) in [5, 5.41) is 0. The van der Waals surface area contributed by atoms with E-state index in [0.717, 1.165) is 38.3 Å². The molecule has 0 aliphatic carbocycles. The third kappa shape index (κ3) is 3.17. The zero-order valence-corrected chi connectivity index (χ0v) is 11.6. The zero-order valence-electron chi connectivity index (χ0n) is 11.6. The number of nitrogens with zero attached hydrogens (tertiary/aromatic N) is 2. The zero-order chi connectivity index (χ0) is 13.8. The second-order valence-electron chi connectivity index (χ2n) is 4.91. The Morgan fingerprint density at radius 3 is 2.74 bits per heavy atom. The molecule has 1 saturated heterocycles. The van der Waals surface area contributed by atoms with Crippen LogP contribution < -0.4 is 10.6 Å². The van der Waals surface area contributed by atoms with Gasteiger partial charge >= 0.3 is 5.97 Å². The summed E-state index contributed by atoms with van der Waals surface area (Å²) in [5.74, 6) is -0.353. The highest BCUT2D eigenvalue weighted by molar-refractivity contribution is 5.91. The summed E-state index contributed by atoms with van der Waals surface area (Å²) in [7, 11) is 3.50. The van der Waals surface area contributed by atoms with Crippen molar-refractivity contribution in [3.8, 4) is 0 Å². The monoisotopic (exact) mass is 263 g/mol. The average molecular weight is 263 g/mol. The molecule has 1 aromatic carbocycles. The van der Waals surface area contributed by atoms with Crippen molar-refractivity contribution in [2.45, 2.75) is 6.42 Å². The second-order valence-corrected chi connectivity index (χ2v) is 4.91. The van der Waals surface area contributed by atoms with Gasteiger partial charge < -0.3 is 20.3 Å². The minimum absolute atomic E-state index is 0.353. The van der Waals surface area contributed by atoms with Gasteiger partial charge in [-0.15, -0.1) is 0 Å². The maximum absolute atomic E-state index is 11.5. The quantitative estimate of drug-likeness (QED) is 0.642. The van der Waals surface area contributed by atoms with Crippen molar-refractivity contribution < 1.29 is 9.53 Å². The summed E-state index contributed by atoms with van der Waals surface area (Å²) >= 11 is 0. The van der Waals surface area contributed by atoms with E-state index in [1.54, 1.807) is 12.1 Å². The van der Waals surface area contributed by atoms with E-state index in [2.05, 4.69) is 16.8 Å². The van der Waals surface area contributed by atoms with Crippen LogP contribution in [-0.4, -0.2) is 51.2 Å². The van der Waals surface area contributed by atoms with Gasteiger partial charge in [-0.1, -0.05) is 0 Å². The van der Waals surface area contributed by atoms with E-state index < -0.39 is 0 Å². The lowest BCUT2D eigenvalue weighted by Gasteiger charge is -2.24. The number of nitrogens with two attached hydrogens (primary N) is 1. The fourth-order valence-electron chi connectivity index (χ4n) is 2.37. The van der Waals surface area contributed by atoms with Crippen molar-refractivity contribution in [2.75, 3.05) is 51.0 Å². The minimum Gasteiger partial charge on any atom is -0.465 e. The molecule has 104 valence electrons. The summed E-state index contributed by atoms with van der Waals surface area (Å²) in [6.07, 6.45) is 1.12. The van der Waals surface area contributed by atoms with Crippen LogP contribution in [0, 0.1) is 0 Å². The van der Waals surface area contributed by atoms with E-state index >= 15 is 0 Å². The number of ether oxygens (including phenoxy) is 1. The van der Waals surface area contributed by atoms with E-state index in [1.807, 2.05) is 6.07 Å². The summed E-state index contributed by atoms with van der Waals surface area (Å²) in [6.45, 7) is 4.08. The number of benzene rings is 1. The largest absolute Gasteiger partial charge is 0.465 e. The summed E-state index contributed by atoms with van der Waals surface area (Å²) in [5.41, 5.74) is 8.20. The van der Waals surface area contributed by atoms with Crippen LogP contribution >= 0.6 is 0 Å². The predicted octanol–water partition coefficient (Wildman–Crippen LogP) is 1.20. The molecule has 1 aromatic rings. The minimum atomic E-state index is -0.353. The van der Waals surface area contributed by atoms with Gasteiger partial charge in [0.25, 0.3) is 0 Å². The van der Waals surface area contributed by atoms with Gasteiger partial charge in [-0.25, -0.2) is 4.79 Å². The Balaban J connectivity index is 2.18. The van der Waals surface area contributed by atoms with Gasteiger partial charge in [0, 0.05) is 19.6 Å². The normalized spacial score (nSPS) is 17.1. The van der Waals surface area contributed by atoms with Crippen molar-refractivity contribution in [3.05, 3.63) is 23.8 Å². The number of methoxy groups -OCH3 is 1. The molecule has 1 aliphatic heterocycles. The lowest BCUT2D eigenvalue weighted by molar-refractivity contribution is 0.0601. The molecule has 0 amide bonds. The van der Waals surface area contributed by atoms with Crippen molar-refractivity contribution >= 4 is 17.3 Å². The van der Waals surface area contributed by atoms with Crippen LogP contribution in [0.4, 0.5) is 11.4 Å². The Morgan fingerprint density at radius 1 is 1.26 bits per heavy atom. The lowest BCUT2D eigenvalue weighted by Crippen LogP contribution is -2.29. The van der Waals surface area contributed by atoms with Gasteiger partial charge in [-0.3, -0.25) is 0 Å². The van der Waals surface area contributed by atoms with Crippen LogP contribution in [0.1, 0.15) is 16.8 Å². The van der Waals surface area contributed by atoms with Crippen LogP contribution in [0.2, 0.25) is 0 Å². The van der Waals surface area contributed by atoms with Crippen LogP contribution in [0.5, 0.6) is 0 Å². The van der Waals surface area contributed by atoms with Crippen LogP contribution in [-0.2, 0) is 4.74 Å². The number of esters is 1. The highest BCUT2D eigenvalue weighted by Gasteiger charge is 2.16. The molecule has 0 atom stereocenters. The molecule has 0 aromatic heterocycles. The molecule has 5 heteroatoms. The number of nitrogen functional groups attached to an aromatic ring is 1. The molecule has 1 aliphatic rings. The topological polar surface area (TPSA) is 58.8 Å². The highest BCUT2D eigenvalue weighted by Crippen LogP contribution is 2.25. The molecule has 2 rings (SSSR count). The third-order valence-electron chi connectivity index (χ3n) is 3.51. The second kappa shape index (κ2) is 5.93. The highest BCUT2D eigenvalue weighted by atomic mass is 16.5. The maximum Gasteiger partial charge on any atom is 0.337 e. The predicted molar refractivity (Wildman–Crippen MR) is 76.5 cm³/mol. The maximum atomic E-state index is 11.5. The molecule has 0 saturated carbocycles. The average Bonchev–Trinajstić information content (AvgIpc) is 2.62. The van der Waals surface area contributed by atoms with Gasteiger partial charge in [0.2, 0.25) is 0 Å². The fourth-order valence-corrected chi connectivity index (χ4v) is 2.37. The number of anilines is 2. The standard InChI is InChI=1S/C14H21N3O2/c1-16-6-3-7-17(9-8-16)13-5-4-11(10-12(13)15)14(18)19-2/h4-5,10H,3,6-9,15H2,1-2H3. The number of hydrogen-bond donors (Lipinski definition) is 1. The van der Waals surface area contributed by atoms with E-state index in [9.17, 15) is 4.79 Å². The van der Waals surface area contributed by atoms with Gasteiger partial charge in [-0.2, -0.15) is 0 Å². The van der Waals surface area contributed by atoms with Crippen molar-refractivity contribution in [3.63, 3.8) is 0 Å². The van der Waals surface area contributed by atoms with Crippen molar-refractivity contribution in [2.24, 2.45) is 0 Å². The molecule has 19 heavy (non-hydrogen) atoms. The first-order valence-electron chi connectivity index (χ1n) is 6.53. The van der Waals surface area contributed by atoms with Gasteiger partial charge in [0.1, 0.15) is 0 Å². The number of carbonyl (C=O) groups excluding carboxylic acids is 1. The van der Waals surface area contributed by atoms with Gasteiger partial charge in [0.15, 0.2) is 0 Å². The Morgan fingerprint density at radius 2 is 2.05 bits per heavy atom. The number of rotatable bonds is 2. The van der Waals surface area contributed by atoms with Crippen LogP contribution in [0.25, 0.3) is 0 Å². The SMILES string of the molecule is COC(=O)c1ccc(N2CCCN(C)CC2)c(N)c1. The molecule has 5 nitrogen and oxygen atoms in total. The molecular formula is C14H21N3O2. The van der Waals surface area contributed by atoms with E-state index in [1.165, 1.54) is 7.11 Å². The Hall–Kier alpha value is -1.75. The molecule has 0 spiro atoms. The van der Waals surface area contributed by atoms with Crippen LogP contribution in [0.3, 0.4) is 0 Å². The van der Waals surface area contributed by atoms with E-state index in [-0.39, 0.29) is 5.97 Å². The molecule has 1 fully saturated rings. The molecule has 0 radical (unpaired) electrons. The summed E-state index contributed by atoms with van der Waals surface area (Å²) < 4.78 is 4.70. The van der Waals surface area contributed by atoms with Gasteiger partial charge in [0.05, 0.1) is 24.0 Å². The number of carbonyl (C=O) groups is 1. The number of hydrogen-bond acceptors (Lipinski definition) is 5. The molecule has 0 bridgehead atoms. The smallest absolute Gasteiger partial charge is 0.337 e.